The minimum Gasteiger partial charge on any atom is -0.495 e. The summed E-state index contributed by atoms with van der Waals surface area (Å²) in [5.41, 5.74) is 3.67. The first-order valence-electron chi connectivity index (χ1n) is 22.0. The summed E-state index contributed by atoms with van der Waals surface area (Å²) >= 11 is 12.9. The van der Waals surface area contributed by atoms with Crippen LogP contribution in [0.2, 0.25) is 10.0 Å². The third-order valence-corrected chi connectivity index (χ3v) is 13.8. The van der Waals surface area contributed by atoms with E-state index in [9.17, 15) is 24.0 Å². The van der Waals surface area contributed by atoms with Crippen LogP contribution in [-0.2, 0) is 31.1 Å². The number of imide groups is 1. The zero-order chi connectivity index (χ0) is 46.7. The highest BCUT2D eigenvalue weighted by atomic mass is 35.5. The number of halogens is 3. The minimum absolute atomic E-state index is 0.0386. The van der Waals surface area contributed by atoms with Gasteiger partial charge in [0.25, 0.3) is 11.8 Å². The van der Waals surface area contributed by atoms with E-state index in [0.717, 1.165) is 16.8 Å². The molecule has 9 rings (SSSR count). The molecule has 1 spiro atoms. The van der Waals surface area contributed by atoms with Gasteiger partial charge in [-0.15, -0.1) is 0 Å². The summed E-state index contributed by atoms with van der Waals surface area (Å²) in [5.74, 6) is 3.45. The summed E-state index contributed by atoms with van der Waals surface area (Å²) < 4.78 is 28.0. The van der Waals surface area contributed by atoms with Crippen LogP contribution in [0.3, 0.4) is 0 Å². The Kier molecular flexibility index (Phi) is 12.1. The van der Waals surface area contributed by atoms with Crippen molar-refractivity contribution >= 4 is 64.1 Å². The molecule has 4 aromatic carbocycles. The summed E-state index contributed by atoms with van der Waals surface area (Å²) in [4.78, 5) is 69.2. The summed E-state index contributed by atoms with van der Waals surface area (Å²) in [6, 6.07) is 18.7. The zero-order valence-electron chi connectivity index (χ0n) is 36.9. The van der Waals surface area contributed by atoms with Crippen molar-refractivity contribution in [1.29, 1.82) is 0 Å². The van der Waals surface area contributed by atoms with Crippen LogP contribution in [0.4, 0.5) is 15.8 Å². The molecule has 4 N–H and O–H groups in total. The number of hydrogen-bond donors (Lipinski definition) is 4. The van der Waals surface area contributed by atoms with Crippen molar-refractivity contribution in [1.82, 2.24) is 20.4 Å². The Labute approximate surface area is 392 Å². The number of morpholine rings is 1. The molecule has 6 atom stereocenters. The Morgan fingerprint density at radius 2 is 1.86 bits per heavy atom. The fraction of sp³-hybridized carbons (Fsp3) is 0.380. The van der Waals surface area contributed by atoms with Gasteiger partial charge in [-0.25, -0.2) is 4.39 Å². The van der Waals surface area contributed by atoms with E-state index in [-0.39, 0.29) is 72.5 Å². The summed E-state index contributed by atoms with van der Waals surface area (Å²) in [6.45, 7) is 7.83. The van der Waals surface area contributed by atoms with Gasteiger partial charge in [0, 0.05) is 70.8 Å². The molecule has 5 amide bonds. The van der Waals surface area contributed by atoms with E-state index in [1.54, 1.807) is 47.4 Å². The lowest BCUT2D eigenvalue weighted by Gasteiger charge is -2.39. The largest absolute Gasteiger partial charge is 0.495 e. The van der Waals surface area contributed by atoms with Gasteiger partial charge in [-0.2, -0.15) is 0 Å². The van der Waals surface area contributed by atoms with Crippen LogP contribution in [-0.4, -0.2) is 96.9 Å². The number of benzene rings is 4. The molecule has 5 aliphatic heterocycles. The average Bonchev–Trinajstić information content (AvgIpc) is 3.93. The first kappa shape index (κ1) is 45.2. The maximum absolute atomic E-state index is 16.3. The molecule has 0 radical (unpaired) electrons. The summed E-state index contributed by atoms with van der Waals surface area (Å²) in [6.07, 6.45) is 0.511. The summed E-state index contributed by atoms with van der Waals surface area (Å²) in [7, 11) is 1.46. The molecule has 3 saturated heterocycles. The molecular weight excluding hydrogens is 886 g/mol. The van der Waals surface area contributed by atoms with Gasteiger partial charge in [0.15, 0.2) is 0 Å². The van der Waals surface area contributed by atoms with Crippen LogP contribution >= 0.6 is 23.2 Å². The van der Waals surface area contributed by atoms with Crippen molar-refractivity contribution in [3.63, 3.8) is 0 Å². The molecule has 5 heterocycles. The lowest BCUT2D eigenvalue weighted by molar-refractivity contribution is -0.137. The van der Waals surface area contributed by atoms with E-state index in [4.69, 9.17) is 32.7 Å². The molecule has 13 nitrogen and oxygen atoms in total. The van der Waals surface area contributed by atoms with Crippen molar-refractivity contribution in [3.8, 4) is 17.6 Å². The number of nitrogens with zero attached hydrogens (tertiary/aromatic N) is 2. The van der Waals surface area contributed by atoms with Gasteiger partial charge in [0.1, 0.15) is 23.7 Å². The molecule has 66 heavy (non-hydrogen) atoms. The molecule has 0 bridgehead atoms. The van der Waals surface area contributed by atoms with Gasteiger partial charge in [0.2, 0.25) is 17.7 Å². The molecule has 5 aliphatic rings. The fourth-order valence-electron chi connectivity index (χ4n) is 10.3. The van der Waals surface area contributed by atoms with Crippen molar-refractivity contribution < 1.29 is 37.8 Å². The molecule has 0 saturated carbocycles. The highest BCUT2D eigenvalue weighted by Gasteiger charge is 2.61. The first-order valence-corrected chi connectivity index (χ1v) is 22.7. The van der Waals surface area contributed by atoms with Crippen molar-refractivity contribution in [2.75, 3.05) is 44.0 Å². The molecule has 0 aromatic heterocycles. The molecular formula is C50H49Cl2FN6O7. The number of carbonyl (C=O) groups is 5. The number of rotatable bonds is 7. The number of carbonyl (C=O) groups excluding carboxylic acids is 5. The maximum atomic E-state index is 16.3. The minimum atomic E-state index is -0.919. The second-order valence-electron chi connectivity index (χ2n) is 18.7. The van der Waals surface area contributed by atoms with Crippen molar-refractivity contribution in [2.24, 2.45) is 5.41 Å². The van der Waals surface area contributed by atoms with Gasteiger partial charge in [-0.1, -0.05) is 74.0 Å². The number of fused-ring (bicyclic) bond motifs is 3. The number of nitrogens with one attached hydrogen (secondary N) is 4. The predicted octanol–water partition coefficient (Wildman–Crippen LogP) is 6.66. The van der Waals surface area contributed by atoms with E-state index >= 15 is 4.39 Å². The SMILES string of the molecule is COc1cc(C(=O)N2CCO[C@H](C#Cc3ccc4c(c3)CN(C3CCC(=O)NC3=O)C4=O)C2)ccc1NC(=O)[C@@H]1N[C@@H](CC(C)(C)C)[C@@]2(CNc3cc(Cl)ccc32)[C@H]1c1cccc(Cl)c1F. The molecule has 16 heteroatoms. The smallest absolute Gasteiger partial charge is 0.255 e. The van der Waals surface area contributed by atoms with Crippen molar-refractivity contribution in [3.05, 3.63) is 122 Å². The van der Waals surface area contributed by atoms with E-state index < -0.39 is 47.2 Å². The quantitative estimate of drug-likeness (QED) is 0.118. The zero-order valence-corrected chi connectivity index (χ0v) is 38.4. The van der Waals surface area contributed by atoms with E-state index in [2.05, 4.69) is 53.9 Å². The number of piperidine rings is 1. The molecule has 0 aliphatic carbocycles. The molecule has 342 valence electrons. The van der Waals surface area contributed by atoms with Crippen LogP contribution in [0.1, 0.15) is 88.9 Å². The summed E-state index contributed by atoms with van der Waals surface area (Å²) in [5, 5.41) is 13.1. The van der Waals surface area contributed by atoms with Crippen LogP contribution in [0.5, 0.6) is 5.75 Å². The fourth-order valence-corrected chi connectivity index (χ4v) is 10.7. The normalized spacial score (nSPS) is 24.6. The van der Waals surface area contributed by atoms with Crippen LogP contribution in [0, 0.1) is 23.1 Å². The highest BCUT2D eigenvalue weighted by Crippen LogP contribution is 2.56. The van der Waals surface area contributed by atoms with Crippen LogP contribution in [0.25, 0.3) is 0 Å². The second-order valence-corrected chi connectivity index (χ2v) is 19.6. The van der Waals surface area contributed by atoms with E-state index in [0.29, 0.717) is 52.5 Å². The van der Waals surface area contributed by atoms with Crippen LogP contribution in [0.15, 0.2) is 72.8 Å². The number of amides is 5. The standard InChI is InChI=1S/C50H49Cl2FN6O7/c1-49(2,3)23-40-50(26-54-37-22-30(51)11-14-34(37)50)42(33-6-5-7-35(52)43(33)53)44(56-40)46(62)55-36-15-10-28(21-39(36)65-4)47(63)58-18-19-66-31(25-58)12-8-27-9-13-32-29(20-27)24-59(48(32)64)38-16-17-41(60)57-45(38)61/h5-7,9-11,13-15,20-22,31,38,40,42,44,54,56H,16-19,23-26H2,1-4H3,(H,55,62)(H,57,60,61)/t31-,38?,40+,42+,44-,50+/m1/s1. The highest BCUT2D eigenvalue weighted by molar-refractivity contribution is 6.31. The number of hydrogen-bond acceptors (Lipinski definition) is 9. The average molecular weight is 936 g/mol. The monoisotopic (exact) mass is 934 g/mol. The van der Waals surface area contributed by atoms with Crippen LogP contribution < -0.4 is 26.0 Å². The number of ether oxygens (including phenoxy) is 2. The Bertz CT molecular complexity index is 2750. The predicted molar refractivity (Wildman–Crippen MR) is 247 cm³/mol. The second kappa shape index (κ2) is 17.7. The maximum Gasteiger partial charge on any atom is 0.255 e. The number of anilines is 2. The lowest BCUT2D eigenvalue weighted by Crippen LogP contribution is -2.52. The Balaban J connectivity index is 0.922. The third kappa shape index (κ3) is 8.38. The first-order chi connectivity index (χ1) is 31.5. The number of methoxy groups -OCH3 is 1. The Morgan fingerprint density at radius 1 is 1.05 bits per heavy atom. The topological polar surface area (TPSA) is 158 Å². The lowest BCUT2D eigenvalue weighted by atomic mass is 9.63. The molecule has 1 unspecified atom stereocenters. The van der Waals surface area contributed by atoms with Gasteiger partial charge in [0.05, 0.1) is 37.0 Å². The molecule has 4 aromatic rings. The van der Waals surface area contributed by atoms with Gasteiger partial charge in [-0.05, 0) is 89.5 Å². The van der Waals surface area contributed by atoms with Gasteiger partial charge < -0.3 is 35.2 Å². The Morgan fingerprint density at radius 3 is 2.64 bits per heavy atom. The third-order valence-electron chi connectivity index (χ3n) is 13.3. The van der Waals surface area contributed by atoms with E-state index in [1.165, 1.54) is 18.1 Å². The van der Waals surface area contributed by atoms with Gasteiger partial charge >= 0.3 is 0 Å². The van der Waals surface area contributed by atoms with E-state index in [1.807, 2.05) is 24.3 Å². The molecule has 3 fully saturated rings. The van der Waals surface area contributed by atoms with Gasteiger partial charge in [-0.3, -0.25) is 29.3 Å². The Hall–Kier alpha value is -5.98. The van der Waals surface area contributed by atoms with Crippen molar-refractivity contribution in [2.45, 2.75) is 82.1 Å².